The van der Waals surface area contributed by atoms with Gasteiger partial charge in [0.1, 0.15) is 17.0 Å². The van der Waals surface area contributed by atoms with Crippen molar-refractivity contribution in [3.8, 4) is 23.1 Å². The van der Waals surface area contributed by atoms with E-state index >= 15 is 0 Å². The topological polar surface area (TPSA) is 48.2 Å². The molecule has 0 saturated carbocycles. The van der Waals surface area contributed by atoms with Crippen LogP contribution in [0.25, 0.3) is 44.0 Å². The van der Waals surface area contributed by atoms with E-state index < -0.39 is 11.7 Å². The molecule has 7 heteroatoms. The molecule has 0 spiro atoms. The molecule has 0 fully saturated rings. The Balaban J connectivity index is 1.58. The van der Waals surface area contributed by atoms with Crippen molar-refractivity contribution in [1.29, 1.82) is 0 Å². The van der Waals surface area contributed by atoms with E-state index in [1.54, 1.807) is 0 Å². The van der Waals surface area contributed by atoms with Gasteiger partial charge < -0.3 is 9.15 Å². The number of para-hydroxylation sites is 2. The zero-order chi connectivity index (χ0) is 23.3. The van der Waals surface area contributed by atoms with Crippen molar-refractivity contribution in [1.82, 2.24) is 10.2 Å². The van der Waals surface area contributed by atoms with Crippen LogP contribution < -0.4 is 4.74 Å². The molecule has 4 aromatic carbocycles. The van der Waals surface area contributed by atoms with E-state index in [1.165, 1.54) is 18.2 Å². The number of rotatable bonds is 3. The number of furan rings is 1. The monoisotopic (exact) mass is 456 g/mol. The first kappa shape index (κ1) is 20.2. The molecule has 0 N–H and O–H groups in total. The maximum Gasteiger partial charge on any atom is 0.419 e. The number of halogens is 3. The summed E-state index contributed by atoms with van der Waals surface area (Å²) in [6, 6.07) is 25.9. The van der Waals surface area contributed by atoms with Gasteiger partial charge >= 0.3 is 6.18 Å². The Morgan fingerprint density at radius 3 is 2.06 bits per heavy atom. The minimum atomic E-state index is -4.57. The Kier molecular flexibility index (Phi) is 4.52. The molecule has 0 amide bonds. The number of fused-ring (bicyclic) bond motifs is 3. The number of nitrogens with zero attached hydrogens (tertiary/aromatic N) is 2. The Morgan fingerprint density at radius 2 is 1.32 bits per heavy atom. The molecular formula is C27H15F3N2O2. The van der Waals surface area contributed by atoms with Gasteiger partial charge in [-0.2, -0.15) is 13.2 Å². The lowest BCUT2D eigenvalue weighted by atomic mass is 10.0. The number of hydrogen-bond donors (Lipinski definition) is 0. The van der Waals surface area contributed by atoms with Gasteiger partial charge in [0.2, 0.25) is 5.88 Å². The van der Waals surface area contributed by atoms with Crippen molar-refractivity contribution in [3.05, 3.63) is 96.6 Å². The van der Waals surface area contributed by atoms with Crippen LogP contribution in [-0.4, -0.2) is 10.2 Å². The van der Waals surface area contributed by atoms with Crippen LogP contribution in [0, 0.1) is 0 Å². The Bertz CT molecular complexity index is 1660. The summed E-state index contributed by atoms with van der Waals surface area (Å²) in [7, 11) is 0. The van der Waals surface area contributed by atoms with Gasteiger partial charge in [-0.15, -0.1) is 10.2 Å². The summed E-state index contributed by atoms with van der Waals surface area (Å²) < 4.78 is 52.3. The molecule has 34 heavy (non-hydrogen) atoms. The van der Waals surface area contributed by atoms with Crippen molar-refractivity contribution in [2.24, 2.45) is 0 Å². The normalized spacial score (nSPS) is 12.0. The molecule has 0 aliphatic heterocycles. The largest absolute Gasteiger partial charge is 0.454 e. The van der Waals surface area contributed by atoms with Gasteiger partial charge in [-0.05, 0) is 47.2 Å². The molecule has 2 heterocycles. The quantitative estimate of drug-likeness (QED) is 0.253. The number of alkyl halides is 3. The number of aromatic nitrogens is 2. The summed E-state index contributed by atoms with van der Waals surface area (Å²) in [6.45, 7) is 0. The van der Waals surface area contributed by atoms with Gasteiger partial charge in [0.05, 0.1) is 5.56 Å². The van der Waals surface area contributed by atoms with E-state index in [0.717, 1.165) is 22.2 Å². The molecule has 2 aromatic heterocycles. The zero-order valence-electron chi connectivity index (χ0n) is 17.5. The van der Waals surface area contributed by atoms with E-state index in [4.69, 9.17) is 9.15 Å². The molecule has 0 saturated heterocycles. The summed E-state index contributed by atoms with van der Waals surface area (Å²) in [6.07, 6.45) is -4.57. The first-order valence-corrected chi connectivity index (χ1v) is 10.5. The molecule has 6 aromatic rings. The molecule has 0 bridgehead atoms. The highest BCUT2D eigenvalue weighted by molar-refractivity contribution is 6.05. The first-order valence-electron chi connectivity index (χ1n) is 10.5. The SMILES string of the molecule is FC(F)(F)c1ccccc1Oc1nnc(-c2cc3ccccc3o2)c2cc3ccccc3cc12. The van der Waals surface area contributed by atoms with Crippen LogP contribution in [0.15, 0.2) is 95.4 Å². The van der Waals surface area contributed by atoms with Crippen LogP contribution in [0.1, 0.15) is 5.56 Å². The summed E-state index contributed by atoms with van der Waals surface area (Å²) in [4.78, 5) is 0. The van der Waals surface area contributed by atoms with Crippen LogP contribution in [-0.2, 0) is 6.18 Å². The molecule has 0 aliphatic rings. The summed E-state index contributed by atoms with van der Waals surface area (Å²) >= 11 is 0. The Morgan fingerprint density at radius 1 is 0.676 bits per heavy atom. The molecule has 166 valence electrons. The Hall–Kier alpha value is -4.39. The summed E-state index contributed by atoms with van der Waals surface area (Å²) in [5.41, 5.74) is 0.299. The maximum absolute atomic E-state index is 13.5. The fourth-order valence-corrected chi connectivity index (χ4v) is 4.07. The molecule has 0 unspecified atom stereocenters. The minimum Gasteiger partial charge on any atom is -0.454 e. The number of benzene rings is 4. The minimum absolute atomic E-state index is 0.0164. The van der Waals surface area contributed by atoms with E-state index in [1.807, 2.05) is 66.7 Å². The molecule has 0 aliphatic carbocycles. The van der Waals surface area contributed by atoms with Gasteiger partial charge in [0, 0.05) is 16.2 Å². The highest BCUT2D eigenvalue weighted by Crippen LogP contribution is 2.41. The second-order valence-corrected chi connectivity index (χ2v) is 7.84. The average Bonchev–Trinajstić information content (AvgIpc) is 3.27. The number of hydrogen-bond acceptors (Lipinski definition) is 4. The highest BCUT2D eigenvalue weighted by Gasteiger charge is 2.34. The molecule has 4 nitrogen and oxygen atoms in total. The lowest BCUT2D eigenvalue weighted by molar-refractivity contribution is -0.138. The van der Waals surface area contributed by atoms with E-state index in [9.17, 15) is 13.2 Å². The summed E-state index contributed by atoms with van der Waals surface area (Å²) in [5, 5.41) is 12.4. The van der Waals surface area contributed by atoms with Crippen molar-refractivity contribution >= 4 is 32.5 Å². The zero-order valence-corrected chi connectivity index (χ0v) is 17.5. The van der Waals surface area contributed by atoms with Crippen LogP contribution in [0.2, 0.25) is 0 Å². The van der Waals surface area contributed by atoms with Crippen LogP contribution >= 0.6 is 0 Å². The Labute approximate surface area is 191 Å². The van der Waals surface area contributed by atoms with Gasteiger partial charge in [0.25, 0.3) is 0 Å². The van der Waals surface area contributed by atoms with Gasteiger partial charge in [-0.25, -0.2) is 0 Å². The molecule has 6 rings (SSSR count). The highest BCUT2D eigenvalue weighted by atomic mass is 19.4. The summed E-state index contributed by atoms with van der Waals surface area (Å²) in [5.74, 6) is 0.156. The second kappa shape index (κ2) is 7.59. The van der Waals surface area contributed by atoms with Crippen molar-refractivity contribution in [2.75, 3.05) is 0 Å². The fraction of sp³-hybridized carbons (Fsp3) is 0.0370. The molecule has 0 atom stereocenters. The van der Waals surface area contributed by atoms with Crippen molar-refractivity contribution < 1.29 is 22.3 Å². The van der Waals surface area contributed by atoms with Gasteiger partial charge in [-0.1, -0.05) is 54.6 Å². The third-order valence-electron chi connectivity index (χ3n) is 5.67. The smallest absolute Gasteiger partial charge is 0.419 e. The van der Waals surface area contributed by atoms with E-state index in [-0.39, 0.29) is 11.6 Å². The number of ether oxygens (including phenoxy) is 1. The second-order valence-electron chi connectivity index (χ2n) is 7.84. The van der Waals surface area contributed by atoms with Crippen LogP contribution in [0.3, 0.4) is 0 Å². The lowest BCUT2D eigenvalue weighted by Crippen LogP contribution is -2.07. The van der Waals surface area contributed by atoms with E-state index in [2.05, 4.69) is 10.2 Å². The average molecular weight is 456 g/mol. The maximum atomic E-state index is 13.5. The third-order valence-corrected chi connectivity index (χ3v) is 5.67. The van der Waals surface area contributed by atoms with Gasteiger partial charge in [-0.3, -0.25) is 0 Å². The fourth-order valence-electron chi connectivity index (χ4n) is 4.07. The van der Waals surface area contributed by atoms with Crippen LogP contribution in [0.4, 0.5) is 13.2 Å². The van der Waals surface area contributed by atoms with E-state index in [0.29, 0.717) is 27.8 Å². The standard InChI is InChI=1S/C27H15F3N2O2/c28-27(29,30)21-10-4-6-12-23(21)34-26-20-14-17-8-2-1-7-16(17)13-19(20)25(31-32-26)24-15-18-9-3-5-11-22(18)33-24/h1-15H. The van der Waals surface area contributed by atoms with Crippen molar-refractivity contribution in [2.45, 2.75) is 6.18 Å². The predicted molar refractivity (Wildman–Crippen MR) is 124 cm³/mol. The predicted octanol–water partition coefficient (Wildman–Crippen LogP) is 8.01. The van der Waals surface area contributed by atoms with Crippen molar-refractivity contribution in [3.63, 3.8) is 0 Å². The molecular weight excluding hydrogens is 441 g/mol. The molecule has 0 radical (unpaired) electrons. The lowest BCUT2D eigenvalue weighted by Gasteiger charge is -2.14. The third kappa shape index (κ3) is 3.42. The van der Waals surface area contributed by atoms with Crippen LogP contribution in [0.5, 0.6) is 11.6 Å². The van der Waals surface area contributed by atoms with Gasteiger partial charge in [0.15, 0.2) is 5.76 Å². The first-order chi connectivity index (χ1) is 16.5.